The van der Waals surface area contributed by atoms with E-state index < -0.39 is 0 Å². The maximum atomic E-state index is 6.11. The molecule has 0 aliphatic rings. The summed E-state index contributed by atoms with van der Waals surface area (Å²) in [6.45, 7) is 5.65. The van der Waals surface area contributed by atoms with Crippen molar-refractivity contribution in [2.75, 3.05) is 13.2 Å². The van der Waals surface area contributed by atoms with Crippen LogP contribution >= 0.6 is 11.6 Å². The Morgan fingerprint density at radius 2 is 1.75 bits per heavy atom. The lowest BCUT2D eigenvalue weighted by Gasteiger charge is -2.20. The van der Waals surface area contributed by atoms with Crippen LogP contribution in [0.5, 0.6) is 5.75 Å². The molecule has 0 aromatic heterocycles. The SMILES string of the molecule is CCNC(c1cccc(Cl)c1)c1cccc(OCC)c1. The molecule has 2 rings (SSSR count). The van der Waals surface area contributed by atoms with E-state index in [4.69, 9.17) is 16.3 Å². The Bertz CT molecular complexity index is 556. The molecule has 106 valence electrons. The second kappa shape index (κ2) is 7.32. The van der Waals surface area contributed by atoms with E-state index in [0.717, 1.165) is 22.9 Å². The summed E-state index contributed by atoms with van der Waals surface area (Å²) in [4.78, 5) is 0. The normalized spacial score (nSPS) is 12.2. The zero-order valence-corrected chi connectivity index (χ0v) is 12.7. The number of hydrogen-bond acceptors (Lipinski definition) is 2. The van der Waals surface area contributed by atoms with Gasteiger partial charge >= 0.3 is 0 Å². The minimum Gasteiger partial charge on any atom is -0.494 e. The average Bonchev–Trinajstić information content (AvgIpc) is 2.45. The van der Waals surface area contributed by atoms with Crippen LogP contribution in [-0.2, 0) is 0 Å². The van der Waals surface area contributed by atoms with Crippen LogP contribution in [0.15, 0.2) is 48.5 Å². The molecule has 3 heteroatoms. The zero-order valence-electron chi connectivity index (χ0n) is 11.9. The molecule has 0 saturated heterocycles. The van der Waals surface area contributed by atoms with E-state index in [1.165, 1.54) is 5.56 Å². The molecule has 0 fully saturated rings. The molecule has 2 aromatic carbocycles. The van der Waals surface area contributed by atoms with Crippen LogP contribution < -0.4 is 10.1 Å². The van der Waals surface area contributed by atoms with E-state index in [1.807, 2.05) is 37.3 Å². The minimum absolute atomic E-state index is 0.124. The molecule has 0 bridgehead atoms. The molecule has 0 aliphatic carbocycles. The lowest BCUT2D eigenvalue weighted by Crippen LogP contribution is -2.22. The van der Waals surface area contributed by atoms with Gasteiger partial charge in [-0.25, -0.2) is 0 Å². The Kier molecular flexibility index (Phi) is 5.45. The fraction of sp³-hybridized carbons (Fsp3) is 0.294. The van der Waals surface area contributed by atoms with Gasteiger partial charge in [0.2, 0.25) is 0 Å². The summed E-state index contributed by atoms with van der Waals surface area (Å²) in [6, 6.07) is 16.3. The molecule has 0 radical (unpaired) electrons. The van der Waals surface area contributed by atoms with Crippen LogP contribution in [0.4, 0.5) is 0 Å². The van der Waals surface area contributed by atoms with Crippen molar-refractivity contribution in [1.29, 1.82) is 0 Å². The molecule has 1 N–H and O–H groups in total. The number of nitrogens with one attached hydrogen (secondary N) is 1. The summed E-state index contributed by atoms with van der Waals surface area (Å²) in [5, 5.41) is 4.25. The molecule has 1 atom stereocenters. The van der Waals surface area contributed by atoms with E-state index >= 15 is 0 Å². The Hall–Kier alpha value is -1.51. The maximum Gasteiger partial charge on any atom is 0.119 e. The summed E-state index contributed by atoms with van der Waals surface area (Å²) >= 11 is 6.11. The third-order valence-corrected chi connectivity index (χ3v) is 3.33. The first-order valence-corrected chi connectivity index (χ1v) is 7.34. The van der Waals surface area contributed by atoms with Crippen LogP contribution in [0.25, 0.3) is 0 Å². The topological polar surface area (TPSA) is 21.3 Å². The summed E-state index contributed by atoms with van der Waals surface area (Å²) in [7, 11) is 0. The molecule has 1 unspecified atom stereocenters. The summed E-state index contributed by atoms with van der Waals surface area (Å²) in [6.07, 6.45) is 0. The lowest BCUT2D eigenvalue weighted by molar-refractivity contribution is 0.339. The molecule has 0 spiro atoms. The van der Waals surface area contributed by atoms with Crippen molar-refractivity contribution in [1.82, 2.24) is 5.32 Å². The van der Waals surface area contributed by atoms with E-state index in [0.29, 0.717) is 6.61 Å². The first-order valence-electron chi connectivity index (χ1n) is 6.96. The quantitative estimate of drug-likeness (QED) is 0.849. The highest BCUT2D eigenvalue weighted by molar-refractivity contribution is 6.30. The van der Waals surface area contributed by atoms with Gasteiger partial charge in [0.05, 0.1) is 12.6 Å². The third kappa shape index (κ3) is 3.75. The average molecular weight is 290 g/mol. The summed E-state index contributed by atoms with van der Waals surface area (Å²) in [5.74, 6) is 0.898. The van der Waals surface area contributed by atoms with Gasteiger partial charge < -0.3 is 10.1 Å². The number of hydrogen-bond donors (Lipinski definition) is 1. The van der Waals surface area contributed by atoms with Gasteiger partial charge in [-0.3, -0.25) is 0 Å². The van der Waals surface area contributed by atoms with E-state index in [2.05, 4.69) is 30.4 Å². The van der Waals surface area contributed by atoms with Gasteiger partial charge in [0, 0.05) is 5.02 Å². The van der Waals surface area contributed by atoms with Crippen LogP contribution in [0.1, 0.15) is 31.0 Å². The van der Waals surface area contributed by atoms with Crippen molar-refractivity contribution in [3.05, 3.63) is 64.7 Å². The number of benzene rings is 2. The summed E-state index contributed by atoms with van der Waals surface area (Å²) < 4.78 is 5.58. The second-order valence-corrected chi connectivity index (χ2v) is 4.99. The molecule has 0 saturated carbocycles. The van der Waals surface area contributed by atoms with Crippen molar-refractivity contribution in [2.45, 2.75) is 19.9 Å². The van der Waals surface area contributed by atoms with Gasteiger partial charge in [-0.05, 0) is 48.9 Å². The van der Waals surface area contributed by atoms with Crippen LogP contribution in [0.3, 0.4) is 0 Å². The van der Waals surface area contributed by atoms with Gasteiger partial charge in [0.1, 0.15) is 5.75 Å². The zero-order chi connectivity index (χ0) is 14.4. The highest BCUT2D eigenvalue weighted by Crippen LogP contribution is 2.26. The maximum absolute atomic E-state index is 6.11. The predicted molar refractivity (Wildman–Crippen MR) is 84.6 cm³/mol. The molecular formula is C17H20ClNO. The highest BCUT2D eigenvalue weighted by atomic mass is 35.5. The molecular weight excluding hydrogens is 270 g/mol. The molecule has 20 heavy (non-hydrogen) atoms. The fourth-order valence-corrected chi connectivity index (χ4v) is 2.47. The van der Waals surface area contributed by atoms with Crippen LogP contribution in [0.2, 0.25) is 5.02 Å². The Morgan fingerprint density at radius 1 is 1.05 bits per heavy atom. The van der Waals surface area contributed by atoms with E-state index in [1.54, 1.807) is 0 Å². The van der Waals surface area contributed by atoms with Gasteiger partial charge in [0.15, 0.2) is 0 Å². The van der Waals surface area contributed by atoms with Gasteiger partial charge in [-0.2, -0.15) is 0 Å². The van der Waals surface area contributed by atoms with Crippen molar-refractivity contribution in [3.8, 4) is 5.75 Å². The van der Waals surface area contributed by atoms with E-state index in [9.17, 15) is 0 Å². The van der Waals surface area contributed by atoms with Crippen molar-refractivity contribution < 1.29 is 4.74 Å². The fourth-order valence-electron chi connectivity index (χ4n) is 2.27. The Labute approximate surface area is 125 Å². The Morgan fingerprint density at radius 3 is 2.40 bits per heavy atom. The first-order chi connectivity index (χ1) is 9.74. The molecule has 0 heterocycles. The molecule has 0 amide bonds. The molecule has 2 aromatic rings. The van der Waals surface area contributed by atoms with Crippen molar-refractivity contribution in [3.63, 3.8) is 0 Å². The smallest absolute Gasteiger partial charge is 0.119 e. The van der Waals surface area contributed by atoms with Crippen molar-refractivity contribution >= 4 is 11.6 Å². The van der Waals surface area contributed by atoms with Crippen LogP contribution in [0, 0.1) is 0 Å². The van der Waals surface area contributed by atoms with Crippen molar-refractivity contribution in [2.24, 2.45) is 0 Å². The first kappa shape index (κ1) is 14.9. The van der Waals surface area contributed by atoms with Gasteiger partial charge in [-0.15, -0.1) is 0 Å². The van der Waals surface area contributed by atoms with E-state index in [-0.39, 0.29) is 6.04 Å². The summed E-state index contributed by atoms with van der Waals surface area (Å²) in [5.41, 5.74) is 2.34. The number of rotatable bonds is 6. The Balaban J connectivity index is 2.35. The standard InChI is InChI=1S/C17H20ClNO/c1-3-19-17(13-7-5-9-15(18)11-13)14-8-6-10-16(12-14)20-4-2/h5-12,17,19H,3-4H2,1-2H3. The van der Waals surface area contributed by atoms with Gasteiger partial charge in [0.25, 0.3) is 0 Å². The monoisotopic (exact) mass is 289 g/mol. The minimum atomic E-state index is 0.124. The largest absolute Gasteiger partial charge is 0.494 e. The molecule has 0 aliphatic heterocycles. The number of halogens is 1. The number of ether oxygens (including phenoxy) is 1. The lowest BCUT2D eigenvalue weighted by atomic mass is 9.98. The van der Waals surface area contributed by atoms with Crippen LogP contribution in [-0.4, -0.2) is 13.2 Å². The van der Waals surface area contributed by atoms with Gasteiger partial charge in [-0.1, -0.05) is 42.8 Å². The predicted octanol–water partition coefficient (Wildman–Crippen LogP) is 4.44. The molecule has 2 nitrogen and oxygen atoms in total. The third-order valence-electron chi connectivity index (χ3n) is 3.09. The highest BCUT2D eigenvalue weighted by Gasteiger charge is 2.13. The second-order valence-electron chi connectivity index (χ2n) is 4.55.